The van der Waals surface area contributed by atoms with Gasteiger partial charge in [-0.15, -0.1) is 0 Å². The minimum absolute atomic E-state index is 0.0586. The fourth-order valence-corrected chi connectivity index (χ4v) is 2.57. The Morgan fingerprint density at radius 1 is 1.15 bits per heavy atom. The zero-order valence-electron chi connectivity index (χ0n) is 14.3. The quantitative estimate of drug-likeness (QED) is 0.474. The zero-order chi connectivity index (χ0) is 19.2. The summed E-state index contributed by atoms with van der Waals surface area (Å²) >= 11 is 0. The van der Waals surface area contributed by atoms with Crippen LogP contribution in [-0.4, -0.2) is 15.6 Å². The topological polar surface area (TPSA) is 58.7 Å². The number of nitrogens with zero attached hydrogens (tertiary/aromatic N) is 3. The Balaban J connectivity index is 1.91. The van der Waals surface area contributed by atoms with E-state index in [0.29, 0.717) is 24.2 Å². The number of aromatic nitrogens is 2. The number of hydrogen-bond acceptors (Lipinski definition) is 3. The third-order valence-corrected chi connectivity index (χ3v) is 3.91. The maximum atomic E-state index is 13.3. The van der Waals surface area contributed by atoms with Crippen molar-refractivity contribution in [2.24, 2.45) is 0 Å². The van der Waals surface area contributed by atoms with Gasteiger partial charge in [-0.3, -0.25) is 9.48 Å². The van der Waals surface area contributed by atoms with Gasteiger partial charge in [0.25, 0.3) is 0 Å². The Bertz CT molecular complexity index is 1030. The molecular weight excluding hydrogens is 348 g/mol. The van der Waals surface area contributed by atoms with Crippen molar-refractivity contribution < 1.29 is 13.6 Å². The second-order valence-electron chi connectivity index (χ2n) is 5.80. The lowest BCUT2D eigenvalue weighted by Gasteiger charge is -1.99. The lowest BCUT2D eigenvalue weighted by molar-refractivity contribution is 0.104. The SMILES string of the molecule is N#CCCn1cc(/C=C/C(=O)c2ccc(F)c(F)c2)c(-c2ccccc2)n1. The summed E-state index contributed by atoms with van der Waals surface area (Å²) in [5.74, 6) is -2.51. The predicted molar refractivity (Wildman–Crippen MR) is 97.6 cm³/mol. The Morgan fingerprint density at radius 2 is 1.93 bits per heavy atom. The Labute approximate surface area is 155 Å². The lowest BCUT2D eigenvalue weighted by atomic mass is 10.1. The zero-order valence-corrected chi connectivity index (χ0v) is 14.3. The standard InChI is InChI=1S/C21H15F2N3O/c22-18-9-7-16(13-19(18)23)20(27)10-8-17-14-26(12-4-11-24)25-21(17)15-5-2-1-3-6-15/h1-3,5-10,13-14H,4,12H2/b10-8+. The van der Waals surface area contributed by atoms with Crippen LogP contribution in [0.5, 0.6) is 0 Å². The highest BCUT2D eigenvalue weighted by Gasteiger charge is 2.11. The van der Waals surface area contributed by atoms with Crippen LogP contribution < -0.4 is 0 Å². The van der Waals surface area contributed by atoms with Crippen molar-refractivity contribution in [1.82, 2.24) is 9.78 Å². The van der Waals surface area contributed by atoms with Gasteiger partial charge in [0.15, 0.2) is 17.4 Å². The molecule has 3 aromatic rings. The number of carbonyl (C=O) groups is 1. The first-order valence-electron chi connectivity index (χ1n) is 8.26. The molecule has 0 amide bonds. The van der Waals surface area contributed by atoms with E-state index in [2.05, 4.69) is 11.2 Å². The van der Waals surface area contributed by atoms with E-state index in [0.717, 1.165) is 17.7 Å². The monoisotopic (exact) mass is 363 g/mol. The molecule has 0 atom stereocenters. The molecule has 0 fully saturated rings. The van der Waals surface area contributed by atoms with Crippen molar-refractivity contribution in [2.75, 3.05) is 0 Å². The van der Waals surface area contributed by atoms with Gasteiger partial charge >= 0.3 is 0 Å². The normalized spacial score (nSPS) is 10.9. The van der Waals surface area contributed by atoms with Crippen LogP contribution in [0.2, 0.25) is 0 Å². The van der Waals surface area contributed by atoms with Crippen molar-refractivity contribution in [3.05, 3.63) is 83.6 Å². The summed E-state index contributed by atoms with van der Waals surface area (Å²) in [7, 11) is 0. The Hall–Kier alpha value is -3.59. The van der Waals surface area contributed by atoms with Gasteiger partial charge in [-0.25, -0.2) is 8.78 Å². The van der Waals surface area contributed by atoms with Gasteiger partial charge < -0.3 is 0 Å². The molecule has 0 aliphatic rings. The highest BCUT2D eigenvalue weighted by atomic mass is 19.2. The van der Waals surface area contributed by atoms with Gasteiger partial charge in [0.05, 0.1) is 24.7 Å². The largest absolute Gasteiger partial charge is 0.289 e. The molecular formula is C21H15F2N3O. The molecule has 2 aromatic carbocycles. The van der Waals surface area contributed by atoms with E-state index in [1.54, 1.807) is 17.0 Å². The number of halogens is 2. The lowest BCUT2D eigenvalue weighted by Crippen LogP contribution is -1.97. The maximum absolute atomic E-state index is 13.3. The molecule has 0 bridgehead atoms. The first kappa shape index (κ1) is 18.2. The molecule has 4 nitrogen and oxygen atoms in total. The number of ketones is 1. The molecule has 0 saturated heterocycles. The highest BCUT2D eigenvalue weighted by Crippen LogP contribution is 2.23. The predicted octanol–water partition coefficient (Wildman–Crippen LogP) is 4.64. The fraction of sp³-hybridized carbons (Fsp3) is 0.0952. The average Bonchev–Trinajstić information content (AvgIpc) is 3.10. The van der Waals surface area contributed by atoms with Gasteiger partial charge in [-0.1, -0.05) is 30.3 Å². The number of aryl methyl sites for hydroxylation is 1. The van der Waals surface area contributed by atoms with Crippen LogP contribution in [0.25, 0.3) is 17.3 Å². The highest BCUT2D eigenvalue weighted by molar-refractivity contribution is 6.07. The molecule has 27 heavy (non-hydrogen) atoms. The van der Waals surface area contributed by atoms with Crippen molar-refractivity contribution in [2.45, 2.75) is 13.0 Å². The first-order chi connectivity index (χ1) is 13.1. The number of benzene rings is 2. The molecule has 0 radical (unpaired) electrons. The number of allylic oxidation sites excluding steroid dienone is 1. The van der Waals surface area contributed by atoms with Crippen LogP contribution in [0.1, 0.15) is 22.3 Å². The fourth-order valence-electron chi connectivity index (χ4n) is 2.57. The van der Waals surface area contributed by atoms with E-state index < -0.39 is 17.4 Å². The number of nitriles is 1. The maximum Gasteiger partial charge on any atom is 0.185 e. The molecule has 3 rings (SSSR count). The Kier molecular flexibility index (Phi) is 5.53. The van der Waals surface area contributed by atoms with Crippen LogP contribution in [0.4, 0.5) is 8.78 Å². The van der Waals surface area contributed by atoms with Gasteiger partial charge in [0.1, 0.15) is 0 Å². The number of rotatable bonds is 6. The second kappa shape index (κ2) is 8.19. The molecule has 0 N–H and O–H groups in total. The van der Waals surface area contributed by atoms with E-state index in [1.165, 1.54) is 12.1 Å². The summed E-state index contributed by atoms with van der Waals surface area (Å²) in [5.41, 5.74) is 2.29. The Morgan fingerprint density at radius 3 is 2.63 bits per heavy atom. The van der Waals surface area contributed by atoms with Gasteiger partial charge in [0, 0.05) is 22.9 Å². The van der Waals surface area contributed by atoms with Gasteiger partial charge in [0.2, 0.25) is 0 Å². The molecule has 1 heterocycles. The molecule has 0 aliphatic carbocycles. The molecule has 6 heteroatoms. The summed E-state index contributed by atoms with van der Waals surface area (Å²) in [6, 6.07) is 14.5. The van der Waals surface area contributed by atoms with Crippen molar-refractivity contribution in [3.63, 3.8) is 0 Å². The number of carbonyl (C=O) groups excluding carboxylic acids is 1. The molecule has 0 unspecified atom stereocenters. The van der Waals surface area contributed by atoms with Crippen molar-refractivity contribution >= 4 is 11.9 Å². The van der Waals surface area contributed by atoms with Crippen LogP contribution >= 0.6 is 0 Å². The third-order valence-electron chi connectivity index (χ3n) is 3.91. The molecule has 134 valence electrons. The van der Waals surface area contributed by atoms with Crippen LogP contribution in [0.15, 0.2) is 60.8 Å². The van der Waals surface area contributed by atoms with E-state index in [-0.39, 0.29) is 5.56 Å². The van der Waals surface area contributed by atoms with Crippen LogP contribution in [0, 0.1) is 23.0 Å². The van der Waals surface area contributed by atoms with Crippen LogP contribution in [0.3, 0.4) is 0 Å². The summed E-state index contributed by atoms with van der Waals surface area (Å²) in [5, 5.41) is 13.2. The molecule has 1 aromatic heterocycles. The van der Waals surface area contributed by atoms with E-state index in [9.17, 15) is 13.6 Å². The minimum Gasteiger partial charge on any atom is -0.289 e. The van der Waals surface area contributed by atoms with Crippen LogP contribution in [-0.2, 0) is 6.54 Å². The van der Waals surface area contributed by atoms with E-state index in [4.69, 9.17) is 5.26 Å². The second-order valence-corrected chi connectivity index (χ2v) is 5.80. The van der Waals surface area contributed by atoms with Gasteiger partial charge in [-0.05, 0) is 30.4 Å². The first-order valence-corrected chi connectivity index (χ1v) is 8.26. The smallest absolute Gasteiger partial charge is 0.185 e. The third kappa shape index (κ3) is 4.33. The van der Waals surface area contributed by atoms with E-state index in [1.807, 2.05) is 30.3 Å². The molecule has 0 spiro atoms. The average molecular weight is 363 g/mol. The van der Waals surface area contributed by atoms with Crippen molar-refractivity contribution in [3.8, 4) is 17.3 Å². The summed E-state index contributed by atoms with van der Waals surface area (Å²) in [6.45, 7) is 0.432. The van der Waals surface area contributed by atoms with Gasteiger partial charge in [-0.2, -0.15) is 10.4 Å². The van der Waals surface area contributed by atoms with Crippen molar-refractivity contribution in [1.29, 1.82) is 5.26 Å². The molecule has 0 saturated carbocycles. The summed E-state index contributed by atoms with van der Waals surface area (Å²) < 4.78 is 28.0. The number of hydrogen-bond donors (Lipinski definition) is 0. The minimum atomic E-state index is -1.07. The summed E-state index contributed by atoms with van der Waals surface area (Å²) in [4.78, 5) is 12.3. The van der Waals surface area contributed by atoms with E-state index >= 15 is 0 Å². The molecule has 0 aliphatic heterocycles. The summed E-state index contributed by atoms with van der Waals surface area (Å²) in [6.07, 6.45) is 4.94.